The highest BCUT2D eigenvalue weighted by atomic mass is 16.4. The van der Waals surface area contributed by atoms with Gasteiger partial charge in [-0.15, -0.1) is 0 Å². The molecule has 1 N–H and O–H groups in total. The van der Waals surface area contributed by atoms with Gasteiger partial charge in [-0.2, -0.15) is 0 Å². The molecule has 1 rings (SSSR count). The van der Waals surface area contributed by atoms with Gasteiger partial charge in [0.2, 0.25) is 5.95 Å². The molecule has 0 saturated carbocycles. The smallest absolute Gasteiger partial charge is 0.338 e. The van der Waals surface area contributed by atoms with E-state index in [9.17, 15) is 4.79 Å². The van der Waals surface area contributed by atoms with Crippen molar-refractivity contribution in [1.29, 1.82) is 0 Å². The molecular weight excluding hydrogens is 206 g/mol. The van der Waals surface area contributed by atoms with Crippen molar-refractivity contribution >= 4 is 11.9 Å². The van der Waals surface area contributed by atoms with Crippen molar-refractivity contribution < 1.29 is 9.90 Å². The topological polar surface area (TPSA) is 66.3 Å². The number of rotatable bonds is 5. The lowest BCUT2D eigenvalue weighted by atomic mass is 10.1. The fourth-order valence-electron chi connectivity index (χ4n) is 1.31. The summed E-state index contributed by atoms with van der Waals surface area (Å²) in [4.78, 5) is 20.6. The maximum Gasteiger partial charge on any atom is 0.338 e. The van der Waals surface area contributed by atoms with Crippen molar-refractivity contribution in [2.24, 2.45) is 5.92 Å². The van der Waals surface area contributed by atoms with E-state index in [0.717, 1.165) is 13.0 Å². The first-order valence-electron chi connectivity index (χ1n) is 5.31. The molecule has 0 aromatic carbocycles. The normalized spacial score (nSPS) is 12.2. The number of hydrogen-bond acceptors (Lipinski definition) is 4. The molecule has 0 saturated heterocycles. The van der Waals surface area contributed by atoms with Crippen molar-refractivity contribution in [2.45, 2.75) is 20.3 Å². The van der Waals surface area contributed by atoms with E-state index in [2.05, 4.69) is 23.8 Å². The number of carboxylic acid groups (broad SMARTS) is 1. The van der Waals surface area contributed by atoms with Crippen LogP contribution in [0.15, 0.2) is 12.4 Å². The molecule has 1 aromatic heterocycles. The number of hydrogen-bond donors (Lipinski definition) is 1. The molecule has 1 heterocycles. The second kappa shape index (κ2) is 5.44. The van der Waals surface area contributed by atoms with E-state index in [1.54, 1.807) is 0 Å². The number of aromatic carboxylic acids is 1. The largest absolute Gasteiger partial charge is 0.478 e. The molecular formula is C11H17N3O2. The molecule has 1 unspecified atom stereocenters. The maximum absolute atomic E-state index is 10.6. The molecule has 0 aliphatic carbocycles. The Morgan fingerprint density at radius 3 is 2.50 bits per heavy atom. The molecule has 0 aliphatic rings. The van der Waals surface area contributed by atoms with Crippen LogP contribution in [0.25, 0.3) is 0 Å². The lowest BCUT2D eigenvalue weighted by Gasteiger charge is -2.20. The third-order valence-corrected chi connectivity index (χ3v) is 2.51. The Kier molecular flexibility index (Phi) is 4.22. The molecule has 5 nitrogen and oxygen atoms in total. The SMILES string of the molecule is CCC(C)CN(C)c1ncc(C(=O)O)cn1. The lowest BCUT2D eigenvalue weighted by Crippen LogP contribution is -2.25. The predicted octanol–water partition coefficient (Wildman–Crippen LogP) is 1.66. The minimum absolute atomic E-state index is 0.112. The minimum Gasteiger partial charge on any atom is -0.478 e. The van der Waals surface area contributed by atoms with Gasteiger partial charge in [0, 0.05) is 26.0 Å². The van der Waals surface area contributed by atoms with Crippen LogP contribution in [0.2, 0.25) is 0 Å². The summed E-state index contributed by atoms with van der Waals surface area (Å²) in [6.45, 7) is 5.15. The van der Waals surface area contributed by atoms with E-state index in [1.165, 1.54) is 12.4 Å². The first-order valence-corrected chi connectivity index (χ1v) is 5.31. The maximum atomic E-state index is 10.6. The number of carbonyl (C=O) groups is 1. The predicted molar refractivity (Wildman–Crippen MR) is 61.7 cm³/mol. The van der Waals surface area contributed by atoms with Gasteiger partial charge in [0.05, 0.1) is 5.56 Å². The van der Waals surface area contributed by atoms with E-state index in [4.69, 9.17) is 5.11 Å². The van der Waals surface area contributed by atoms with E-state index < -0.39 is 5.97 Å². The van der Waals surface area contributed by atoms with Crippen LogP contribution in [0, 0.1) is 5.92 Å². The fraction of sp³-hybridized carbons (Fsp3) is 0.545. The minimum atomic E-state index is -1.00. The number of carboxylic acids is 1. The third kappa shape index (κ3) is 3.18. The molecule has 0 radical (unpaired) electrons. The summed E-state index contributed by atoms with van der Waals surface area (Å²) < 4.78 is 0. The van der Waals surface area contributed by atoms with Gasteiger partial charge in [0.25, 0.3) is 0 Å². The van der Waals surface area contributed by atoms with Crippen LogP contribution in [-0.4, -0.2) is 34.6 Å². The Balaban J connectivity index is 2.70. The summed E-state index contributed by atoms with van der Waals surface area (Å²) >= 11 is 0. The van der Waals surface area contributed by atoms with Gasteiger partial charge in [-0.3, -0.25) is 0 Å². The van der Waals surface area contributed by atoms with Crippen molar-refractivity contribution in [1.82, 2.24) is 9.97 Å². The van der Waals surface area contributed by atoms with Crippen molar-refractivity contribution in [3.05, 3.63) is 18.0 Å². The summed E-state index contributed by atoms with van der Waals surface area (Å²) in [5.41, 5.74) is 0.112. The Hall–Kier alpha value is -1.65. The van der Waals surface area contributed by atoms with Gasteiger partial charge in [0.1, 0.15) is 0 Å². The van der Waals surface area contributed by atoms with Gasteiger partial charge >= 0.3 is 5.97 Å². The average Bonchev–Trinajstić information content (AvgIpc) is 2.28. The first-order chi connectivity index (χ1) is 7.54. The molecule has 0 aliphatic heterocycles. The van der Waals surface area contributed by atoms with Crippen LogP contribution in [0.4, 0.5) is 5.95 Å². The van der Waals surface area contributed by atoms with Gasteiger partial charge in [0.15, 0.2) is 0 Å². The van der Waals surface area contributed by atoms with E-state index in [0.29, 0.717) is 11.9 Å². The zero-order valence-electron chi connectivity index (χ0n) is 9.84. The molecule has 0 amide bonds. The number of anilines is 1. The molecule has 88 valence electrons. The Bertz CT molecular complexity index is 351. The Morgan fingerprint density at radius 1 is 1.50 bits per heavy atom. The second-order valence-electron chi connectivity index (χ2n) is 3.97. The monoisotopic (exact) mass is 223 g/mol. The molecule has 0 spiro atoms. The fourth-order valence-corrected chi connectivity index (χ4v) is 1.31. The average molecular weight is 223 g/mol. The van der Waals surface area contributed by atoms with E-state index >= 15 is 0 Å². The Labute approximate surface area is 95.1 Å². The summed E-state index contributed by atoms with van der Waals surface area (Å²) in [6, 6.07) is 0. The van der Waals surface area contributed by atoms with Crippen molar-refractivity contribution in [3.63, 3.8) is 0 Å². The zero-order valence-corrected chi connectivity index (χ0v) is 9.84. The summed E-state index contributed by atoms with van der Waals surface area (Å²) in [5, 5.41) is 8.70. The van der Waals surface area contributed by atoms with Crippen LogP contribution < -0.4 is 4.90 Å². The van der Waals surface area contributed by atoms with Gasteiger partial charge < -0.3 is 10.0 Å². The molecule has 16 heavy (non-hydrogen) atoms. The highest BCUT2D eigenvalue weighted by molar-refractivity contribution is 5.86. The molecule has 1 aromatic rings. The van der Waals surface area contributed by atoms with Crippen LogP contribution >= 0.6 is 0 Å². The van der Waals surface area contributed by atoms with Crippen LogP contribution in [0.3, 0.4) is 0 Å². The van der Waals surface area contributed by atoms with Crippen LogP contribution in [0.1, 0.15) is 30.6 Å². The first kappa shape index (κ1) is 12.4. The summed E-state index contributed by atoms with van der Waals surface area (Å²) in [5.74, 6) is 0.120. The van der Waals surface area contributed by atoms with Crippen molar-refractivity contribution in [2.75, 3.05) is 18.5 Å². The highest BCUT2D eigenvalue weighted by Crippen LogP contribution is 2.09. The van der Waals surface area contributed by atoms with E-state index in [-0.39, 0.29) is 5.56 Å². The molecule has 0 bridgehead atoms. The number of aromatic nitrogens is 2. The molecule has 0 fully saturated rings. The van der Waals surface area contributed by atoms with Crippen LogP contribution in [0.5, 0.6) is 0 Å². The Morgan fingerprint density at radius 2 is 2.06 bits per heavy atom. The quantitative estimate of drug-likeness (QED) is 0.822. The standard InChI is InChI=1S/C11H17N3O2/c1-4-8(2)7-14(3)11-12-5-9(6-13-11)10(15)16/h5-6,8H,4,7H2,1-3H3,(H,15,16). The van der Waals surface area contributed by atoms with Gasteiger partial charge in [-0.05, 0) is 5.92 Å². The second-order valence-corrected chi connectivity index (χ2v) is 3.97. The zero-order chi connectivity index (χ0) is 12.1. The lowest BCUT2D eigenvalue weighted by molar-refractivity contribution is 0.0696. The van der Waals surface area contributed by atoms with Crippen LogP contribution in [-0.2, 0) is 0 Å². The summed E-state index contributed by atoms with van der Waals surface area (Å²) in [7, 11) is 1.90. The van der Waals surface area contributed by atoms with Crippen molar-refractivity contribution in [3.8, 4) is 0 Å². The summed E-state index contributed by atoms with van der Waals surface area (Å²) in [6.07, 6.45) is 3.76. The third-order valence-electron chi connectivity index (χ3n) is 2.51. The molecule has 5 heteroatoms. The van der Waals surface area contributed by atoms with E-state index in [1.807, 2.05) is 11.9 Å². The molecule has 1 atom stereocenters. The number of nitrogens with zero attached hydrogens (tertiary/aromatic N) is 3. The van der Waals surface area contributed by atoms with Gasteiger partial charge in [-0.1, -0.05) is 20.3 Å². The highest BCUT2D eigenvalue weighted by Gasteiger charge is 2.09. The van der Waals surface area contributed by atoms with Gasteiger partial charge in [-0.25, -0.2) is 14.8 Å².